The maximum atomic E-state index is 12.3. The highest BCUT2D eigenvalue weighted by Gasteiger charge is 2.17. The lowest BCUT2D eigenvalue weighted by Crippen LogP contribution is -2.32. The average Bonchev–Trinajstić information content (AvgIpc) is 2.86. The summed E-state index contributed by atoms with van der Waals surface area (Å²) in [7, 11) is 0. The van der Waals surface area contributed by atoms with Crippen molar-refractivity contribution < 1.29 is 9.53 Å². The summed E-state index contributed by atoms with van der Waals surface area (Å²) in [4.78, 5) is 14.2. The van der Waals surface area contributed by atoms with Crippen LogP contribution in [-0.2, 0) is 18.0 Å². The van der Waals surface area contributed by atoms with Crippen LogP contribution in [0.4, 0.5) is 0 Å². The van der Waals surface area contributed by atoms with Gasteiger partial charge in [-0.3, -0.25) is 4.79 Å². The van der Waals surface area contributed by atoms with Crippen LogP contribution in [0.2, 0.25) is 0 Å². The van der Waals surface area contributed by atoms with Crippen LogP contribution in [0.3, 0.4) is 0 Å². The molecule has 0 fully saturated rings. The van der Waals surface area contributed by atoms with Gasteiger partial charge in [0.1, 0.15) is 0 Å². The molecule has 0 saturated heterocycles. The summed E-state index contributed by atoms with van der Waals surface area (Å²) in [5, 5.41) is 0. The summed E-state index contributed by atoms with van der Waals surface area (Å²) in [5.41, 5.74) is 3.07. The lowest BCUT2D eigenvalue weighted by atomic mass is 10.1. The Morgan fingerprint density at radius 1 is 1.39 bits per heavy atom. The van der Waals surface area contributed by atoms with Crippen molar-refractivity contribution >= 4 is 17.5 Å². The first kappa shape index (κ1) is 13.4. The second-order valence-corrected chi connectivity index (χ2v) is 4.78. The third-order valence-corrected chi connectivity index (χ3v) is 3.47. The molecule has 0 atom stereocenters. The Bertz CT molecular complexity index is 434. The van der Waals surface area contributed by atoms with Gasteiger partial charge in [-0.15, -0.1) is 11.6 Å². The summed E-state index contributed by atoms with van der Waals surface area (Å²) >= 11 is 5.68. The van der Waals surface area contributed by atoms with E-state index in [1.807, 2.05) is 30.0 Å². The van der Waals surface area contributed by atoms with Crippen LogP contribution in [0.5, 0.6) is 0 Å². The van der Waals surface area contributed by atoms with Gasteiger partial charge in [-0.25, -0.2) is 0 Å². The van der Waals surface area contributed by atoms with Gasteiger partial charge < -0.3 is 9.64 Å². The molecule has 0 N–H and O–H groups in total. The van der Waals surface area contributed by atoms with Crippen molar-refractivity contribution in [3.8, 4) is 0 Å². The third kappa shape index (κ3) is 2.85. The van der Waals surface area contributed by atoms with Crippen molar-refractivity contribution in [2.24, 2.45) is 0 Å². The molecule has 1 aromatic carbocycles. The molecular weight excluding hydrogens is 250 g/mol. The number of fused-ring (bicyclic) bond motifs is 1. The summed E-state index contributed by atoms with van der Waals surface area (Å²) in [6.45, 7) is 4.69. The molecule has 0 spiro atoms. The van der Waals surface area contributed by atoms with Crippen LogP contribution in [0.15, 0.2) is 18.2 Å². The standard InChI is InChI=1S/C14H18ClNO2/c1-2-16(7-3-6-15)14(17)11-4-5-12-9-18-10-13(12)8-11/h4-5,8H,2-3,6-7,9-10H2,1H3. The Labute approximate surface area is 113 Å². The van der Waals surface area contributed by atoms with E-state index in [1.165, 1.54) is 5.56 Å². The van der Waals surface area contributed by atoms with Gasteiger partial charge in [-0.05, 0) is 36.6 Å². The fourth-order valence-corrected chi connectivity index (χ4v) is 2.26. The molecule has 0 aromatic heterocycles. The summed E-state index contributed by atoms with van der Waals surface area (Å²) in [6.07, 6.45) is 0.829. The fourth-order valence-electron chi connectivity index (χ4n) is 2.14. The Balaban J connectivity index is 2.12. The molecule has 4 heteroatoms. The van der Waals surface area contributed by atoms with E-state index >= 15 is 0 Å². The number of benzene rings is 1. The summed E-state index contributed by atoms with van der Waals surface area (Å²) < 4.78 is 5.36. The molecule has 1 aliphatic heterocycles. The lowest BCUT2D eigenvalue weighted by Gasteiger charge is -2.20. The number of alkyl halides is 1. The van der Waals surface area contributed by atoms with Crippen molar-refractivity contribution in [1.29, 1.82) is 0 Å². The maximum absolute atomic E-state index is 12.3. The zero-order valence-electron chi connectivity index (χ0n) is 10.6. The molecular formula is C14H18ClNO2. The molecule has 3 nitrogen and oxygen atoms in total. The predicted octanol–water partition coefficient (Wildman–Crippen LogP) is 2.81. The fraction of sp³-hybridized carbons (Fsp3) is 0.500. The van der Waals surface area contributed by atoms with E-state index in [2.05, 4.69) is 0 Å². The van der Waals surface area contributed by atoms with E-state index in [-0.39, 0.29) is 5.91 Å². The molecule has 1 amide bonds. The first-order chi connectivity index (χ1) is 8.76. The van der Waals surface area contributed by atoms with E-state index in [1.54, 1.807) is 0 Å². The van der Waals surface area contributed by atoms with Crippen LogP contribution in [0.1, 0.15) is 34.8 Å². The van der Waals surface area contributed by atoms with Crippen molar-refractivity contribution in [3.63, 3.8) is 0 Å². The zero-order chi connectivity index (χ0) is 13.0. The summed E-state index contributed by atoms with van der Waals surface area (Å²) in [5.74, 6) is 0.666. The van der Waals surface area contributed by atoms with Crippen molar-refractivity contribution in [1.82, 2.24) is 4.90 Å². The Morgan fingerprint density at radius 3 is 2.89 bits per heavy atom. The summed E-state index contributed by atoms with van der Waals surface area (Å²) in [6, 6.07) is 5.83. The normalized spacial score (nSPS) is 13.4. The van der Waals surface area contributed by atoms with Gasteiger partial charge in [0.05, 0.1) is 13.2 Å². The topological polar surface area (TPSA) is 29.5 Å². The van der Waals surface area contributed by atoms with Crippen LogP contribution in [-0.4, -0.2) is 29.8 Å². The molecule has 0 unspecified atom stereocenters. The second kappa shape index (κ2) is 6.21. The monoisotopic (exact) mass is 267 g/mol. The molecule has 0 saturated carbocycles. The molecule has 18 heavy (non-hydrogen) atoms. The van der Waals surface area contributed by atoms with E-state index in [0.717, 1.165) is 17.5 Å². The van der Waals surface area contributed by atoms with Gasteiger partial charge in [0.15, 0.2) is 0 Å². The number of nitrogens with zero attached hydrogens (tertiary/aromatic N) is 1. The van der Waals surface area contributed by atoms with Crippen molar-refractivity contribution in [3.05, 3.63) is 34.9 Å². The number of hydrogen-bond acceptors (Lipinski definition) is 2. The molecule has 0 radical (unpaired) electrons. The van der Waals surface area contributed by atoms with E-state index in [0.29, 0.717) is 32.2 Å². The Hall–Kier alpha value is -1.06. The minimum absolute atomic E-state index is 0.0808. The van der Waals surface area contributed by atoms with Crippen molar-refractivity contribution in [2.75, 3.05) is 19.0 Å². The quantitative estimate of drug-likeness (QED) is 0.768. The highest BCUT2D eigenvalue weighted by Crippen LogP contribution is 2.21. The third-order valence-electron chi connectivity index (χ3n) is 3.20. The SMILES string of the molecule is CCN(CCCCl)C(=O)c1ccc2c(c1)COC2. The number of carbonyl (C=O) groups is 1. The molecule has 1 heterocycles. The van der Waals surface area contributed by atoms with Gasteiger partial charge in [0.2, 0.25) is 0 Å². The second-order valence-electron chi connectivity index (χ2n) is 4.40. The van der Waals surface area contributed by atoms with Gasteiger partial charge in [-0.2, -0.15) is 0 Å². The maximum Gasteiger partial charge on any atom is 0.253 e. The van der Waals surface area contributed by atoms with Crippen LogP contribution in [0, 0.1) is 0 Å². The van der Waals surface area contributed by atoms with E-state index < -0.39 is 0 Å². The molecule has 0 aliphatic carbocycles. The predicted molar refractivity (Wildman–Crippen MR) is 71.8 cm³/mol. The largest absolute Gasteiger partial charge is 0.372 e. The van der Waals surface area contributed by atoms with E-state index in [9.17, 15) is 4.79 Å². The highest BCUT2D eigenvalue weighted by molar-refractivity contribution is 6.17. The smallest absolute Gasteiger partial charge is 0.253 e. The molecule has 1 aromatic rings. The lowest BCUT2D eigenvalue weighted by molar-refractivity contribution is 0.0764. The van der Waals surface area contributed by atoms with Crippen LogP contribution in [0.25, 0.3) is 0 Å². The molecule has 0 bridgehead atoms. The minimum atomic E-state index is 0.0808. The minimum Gasteiger partial charge on any atom is -0.372 e. The number of ether oxygens (including phenoxy) is 1. The highest BCUT2D eigenvalue weighted by atomic mass is 35.5. The molecule has 2 rings (SSSR count). The average molecular weight is 268 g/mol. The van der Waals surface area contributed by atoms with Crippen LogP contribution >= 0.6 is 11.6 Å². The Kier molecular flexibility index (Phi) is 4.61. The molecule has 1 aliphatic rings. The van der Waals surface area contributed by atoms with Crippen LogP contribution < -0.4 is 0 Å². The number of amides is 1. The first-order valence-electron chi connectivity index (χ1n) is 6.31. The van der Waals surface area contributed by atoms with Gasteiger partial charge in [0, 0.05) is 24.5 Å². The Morgan fingerprint density at radius 2 is 2.17 bits per heavy atom. The van der Waals surface area contributed by atoms with Crippen molar-refractivity contribution in [2.45, 2.75) is 26.6 Å². The molecule has 98 valence electrons. The number of halogens is 1. The van der Waals surface area contributed by atoms with Gasteiger partial charge in [-0.1, -0.05) is 6.07 Å². The first-order valence-corrected chi connectivity index (χ1v) is 6.84. The van der Waals surface area contributed by atoms with Gasteiger partial charge in [0.25, 0.3) is 5.91 Å². The zero-order valence-corrected chi connectivity index (χ0v) is 11.4. The number of carbonyl (C=O) groups excluding carboxylic acids is 1. The number of hydrogen-bond donors (Lipinski definition) is 0. The number of rotatable bonds is 5. The van der Waals surface area contributed by atoms with Gasteiger partial charge >= 0.3 is 0 Å². The van der Waals surface area contributed by atoms with E-state index in [4.69, 9.17) is 16.3 Å².